The molecule has 2 aromatic rings. The molecule has 2 heterocycles. The minimum atomic E-state index is -3.17. The molecular formula is C22H25ClN6O4S. The van der Waals surface area contributed by atoms with E-state index < -0.39 is 26.9 Å². The Morgan fingerprint density at radius 3 is 2.50 bits per heavy atom. The van der Waals surface area contributed by atoms with Crippen LogP contribution in [0.4, 0.5) is 11.5 Å². The van der Waals surface area contributed by atoms with E-state index in [1.807, 2.05) is 0 Å². The lowest BCUT2D eigenvalue weighted by atomic mass is 9.77. The molecule has 0 unspecified atom stereocenters. The van der Waals surface area contributed by atoms with Crippen molar-refractivity contribution in [3.8, 4) is 6.07 Å². The molecule has 10 nitrogen and oxygen atoms in total. The topological polar surface area (TPSA) is 151 Å². The maximum absolute atomic E-state index is 12.9. The van der Waals surface area contributed by atoms with Crippen LogP contribution in [0.3, 0.4) is 0 Å². The second-order valence-corrected chi connectivity index (χ2v) is 11.6. The summed E-state index contributed by atoms with van der Waals surface area (Å²) in [4.78, 5) is 26.4. The Labute approximate surface area is 202 Å². The number of nitriles is 1. The fourth-order valence-corrected chi connectivity index (χ4v) is 5.51. The molecule has 3 atom stereocenters. The molecule has 2 aliphatic rings. The number of likely N-dealkylation sites (tertiary alicyclic amines) is 1. The summed E-state index contributed by atoms with van der Waals surface area (Å²) in [5.41, 5.74) is 6.41. The number of nitrogens with zero attached hydrogens (tertiary/aromatic N) is 4. The third-order valence-electron chi connectivity index (χ3n) is 6.54. The molecule has 2 fully saturated rings. The molecule has 12 heteroatoms. The minimum Gasteiger partial charge on any atom is -0.365 e. The highest BCUT2D eigenvalue weighted by molar-refractivity contribution is 7.91. The van der Waals surface area contributed by atoms with Crippen molar-refractivity contribution < 1.29 is 18.0 Å². The van der Waals surface area contributed by atoms with Crippen molar-refractivity contribution in [3.05, 3.63) is 41.0 Å². The summed E-state index contributed by atoms with van der Waals surface area (Å²) < 4.78 is 24.8. The number of carbonyl (C=O) groups excluding carboxylic acids is 2. The van der Waals surface area contributed by atoms with Gasteiger partial charge in [-0.05, 0) is 43.5 Å². The molecule has 4 rings (SSSR count). The van der Waals surface area contributed by atoms with Crippen molar-refractivity contribution in [1.29, 1.82) is 5.26 Å². The monoisotopic (exact) mass is 504 g/mol. The van der Waals surface area contributed by atoms with Crippen LogP contribution in [0.5, 0.6) is 0 Å². The van der Waals surface area contributed by atoms with Gasteiger partial charge in [0.25, 0.3) is 5.91 Å². The summed E-state index contributed by atoms with van der Waals surface area (Å²) in [5.74, 6) is -1.34. The lowest BCUT2D eigenvalue weighted by molar-refractivity contribution is -0.140. The molecule has 0 bridgehead atoms. The lowest BCUT2D eigenvalue weighted by Crippen LogP contribution is -2.58. The van der Waals surface area contributed by atoms with Crippen molar-refractivity contribution in [2.24, 2.45) is 17.6 Å². The van der Waals surface area contributed by atoms with Gasteiger partial charge >= 0.3 is 0 Å². The van der Waals surface area contributed by atoms with Gasteiger partial charge in [0, 0.05) is 42.2 Å². The van der Waals surface area contributed by atoms with Crippen LogP contribution in [0.2, 0.25) is 5.02 Å². The number of carbonyl (C=O) groups is 2. The molecule has 1 aromatic heterocycles. The first-order chi connectivity index (χ1) is 16.1. The molecule has 1 aromatic carbocycles. The van der Waals surface area contributed by atoms with E-state index in [1.165, 1.54) is 12.5 Å². The van der Waals surface area contributed by atoms with E-state index in [0.717, 1.165) is 0 Å². The second-order valence-electron chi connectivity index (χ2n) is 8.88. The first-order valence-electron chi connectivity index (χ1n) is 10.9. The Morgan fingerprint density at radius 1 is 1.24 bits per heavy atom. The van der Waals surface area contributed by atoms with E-state index in [1.54, 1.807) is 33.8 Å². The van der Waals surface area contributed by atoms with Gasteiger partial charge in [-0.3, -0.25) is 14.3 Å². The third kappa shape index (κ3) is 4.88. The number of amides is 2. The van der Waals surface area contributed by atoms with Crippen LogP contribution in [0.15, 0.2) is 30.5 Å². The summed E-state index contributed by atoms with van der Waals surface area (Å²) in [6.45, 7) is 0.408. The molecule has 0 radical (unpaired) electrons. The normalized spacial score (nSPS) is 23.1. The number of nitrogens with one attached hydrogen (secondary N) is 1. The summed E-state index contributed by atoms with van der Waals surface area (Å²) in [6.07, 6.45) is 4.10. The number of sulfone groups is 1. The average molecular weight is 505 g/mol. The van der Waals surface area contributed by atoms with Crippen LogP contribution in [0, 0.1) is 23.2 Å². The van der Waals surface area contributed by atoms with Gasteiger partial charge in [-0.15, -0.1) is 0 Å². The molecule has 1 aliphatic carbocycles. The summed E-state index contributed by atoms with van der Waals surface area (Å²) in [7, 11) is -3.17. The summed E-state index contributed by atoms with van der Waals surface area (Å²) in [6, 6.07) is 8.84. The van der Waals surface area contributed by atoms with Gasteiger partial charge in [-0.1, -0.05) is 11.6 Å². The zero-order valence-electron chi connectivity index (χ0n) is 18.5. The van der Waals surface area contributed by atoms with Gasteiger partial charge in [0.05, 0.1) is 23.3 Å². The zero-order valence-corrected chi connectivity index (χ0v) is 20.1. The summed E-state index contributed by atoms with van der Waals surface area (Å²) >= 11 is 5.92. The predicted molar refractivity (Wildman–Crippen MR) is 126 cm³/mol. The Hall–Kier alpha value is -3.10. The molecule has 2 amide bonds. The van der Waals surface area contributed by atoms with E-state index in [2.05, 4.69) is 16.5 Å². The van der Waals surface area contributed by atoms with E-state index in [-0.39, 0.29) is 42.3 Å². The van der Waals surface area contributed by atoms with Crippen molar-refractivity contribution in [2.75, 3.05) is 24.7 Å². The van der Waals surface area contributed by atoms with Crippen molar-refractivity contribution in [2.45, 2.75) is 30.6 Å². The second kappa shape index (κ2) is 9.27. The number of hydrogen-bond donors (Lipinski definition) is 2. The third-order valence-corrected chi connectivity index (χ3v) is 8.30. The van der Waals surface area contributed by atoms with Gasteiger partial charge in [-0.25, -0.2) is 8.42 Å². The van der Waals surface area contributed by atoms with Crippen LogP contribution in [-0.2, 0) is 14.6 Å². The molecule has 1 aliphatic heterocycles. The Morgan fingerprint density at radius 2 is 1.91 bits per heavy atom. The standard InChI is InChI=1S/C22H25ClN6O4S/c1-34(32,33)17-10-28(11-17)22(31)13-2-7-19(14(8-13)9-24)29-12-18(20(25)30)21(27-29)26-16-5-3-15(23)4-6-16/h3-6,12-14,17,19H,2,7-8,10-11H2,1H3,(H2,25,30)(H,26,27)/t13-,14+,19-/m0/s1. The van der Waals surface area contributed by atoms with Crippen LogP contribution < -0.4 is 11.1 Å². The molecule has 34 heavy (non-hydrogen) atoms. The van der Waals surface area contributed by atoms with Crippen molar-refractivity contribution in [3.63, 3.8) is 0 Å². The number of anilines is 2. The van der Waals surface area contributed by atoms with Crippen molar-refractivity contribution >= 4 is 44.8 Å². The number of halogens is 1. The van der Waals surface area contributed by atoms with Gasteiger partial charge < -0.3 is 16.0 Å². The number of primary amides is 1. The van der Waals surface area contributed by atoms with Gasteiger partial charge in [0.1, 0.15) is 5.56 Å². The lowest BCUT2D eigenvalue weighted by Gasteiger charge is -2.41. The smallest absolute Gasteiger partial charge is 0.254 e. The van der Waals surface area contributed by atoms with Crippen LogP contribution in [0.1, 0.15) is 35.7 Å². The highest BCUT2D eigenvalue weighted by Crippen LogP contribution is 2.39. The number of rotatable bonds is 6. The number of benzene rings is 1. The number of nitrogens with two attached hydrogens (primary N) is 1. The van der Waals surface area contributed by atoms with Crippen LogP contribution >= 0.6 is 11.6 Å². The van der Waals surface area contributed by atoms with Gasteiger partial charge in [0.2, 0.25) is 5.91 Å². The highest BCUT2D eigenvalue weighted by atomic mass is 35.5. The zero-order chi connectivity index (χ0) is 24.6. The van der Waals surface area contributed by atoms with E-state index >= 15 is 0 Å². The molecule has 0 spiro atoms. The van der Waals surface area contributed by atoms with Crippen molar-refractivity contribution in [1.82, 2.24) is 14.7 Å². The first kappa shape index (κ1) is 24.0. The van der Waals surface area contributed by atoms with Gasteiger partial charge in [-0.2, -0.15) is 10.4 Å². The largest absolute Gasteiger partial charge is 0.365 e. The fourth-order valence-electron chi connectivity index (χ4n) is 4.49. The summed E-state index contributed by atoms with van der Waals surface area (Å²) in [5, 5.41) is 17.4. The van der Waals surface area contributed by atoms with E-state index in [0.29, 0.717) is 30.0 Å². The van der Waals surface area contributed by atoms with E-state index in [9.17, 15) is 23.3 Å². The molecule has 1 saturated heterocycles. The molecule has 1 saturated carbocycles. The van der Waals surface area contributed by atoms with Crippen LogP contribution in [-0.4, -0.2) is 59.5 Å². The quantitative estimate of drug-likeness (QED) is 0.611. The minimum absolute atomic E-state index is 0.109. The first-order valence-corrected chi connectivity index (χ1v) is 13.2. The molecular weight excluding hydrogens is 480 g/mol. The average Bonchev–Trinajstić information content (AvgIpc) is 3.16. The SMILES string of the molecule is CS(=O)(=O)C1CN(C(=O)[C@H]2CC[C@H](n3cc(C(N)=O)c(Nc4ccc(Cl)cc4)n3)[C@@H](C#N)C2)C1. The highest BCUT2D eigenvalue weighted by Gasteiger charge is 2.43. The van der Waals surface area contributed by atoms with Gasteiger partial charge in [0.15, 0.2) is 15.7 Å². The fraction of sp³-hybridized carbons (Fsp3) is 0.455. The maximum atomic E-state index is 12.9. The number of hydrogen-bond acceptors (Lipinski definition) is 7. The van der Waals surface area contributed by atoms with Crippen LogP contribution in [0.25, 0.3) is 0 Å². The number of aromatic nitrogens is 2. The Kier molecular flexibility index (Phi) is 6.55. The van der Waals surface area contributed by atoms with E-state index in [4.69, 9.17) is 17.3 Å². The molecule has 180 valence electrons. The molecule has 3 N–H and O–H groups in total. The Balaban J connectivity index is 1.47. The maximum Gasteiger partial charge on any atom is 0.254 e. The predicted octanol–water partition coefficient (Wildman–Crippen LogP) is 2.12. The Bertz CT molecular complexity index is 1250.